The summed E-state index contributed by atoms with van der Waals surface area (Å²) in [4.78, 5) is 13.7. The quantitative estimate of drug-likeness (QED) is 0.685. The number of aliphatic hydroxyl groups is 1. The van der Waals surface area contributed by atoms with Crippen LogP contribution in [-0.2, 0) is 19.0 Å². The highest BCUT2D eigenvalue weighted by atomic mass is 35.5. The highest BCUT2D eigenvalue weighted by Gasteiger charge is 2.69. The minimum atomic E-state index is -1.33. The molecule has 2 heterocycles. The second-order valence-electron chi connectivity index (χ2n) is 9.09. The van der Waals surface area contributed by atoms with Crippen LogP contribution in [0.5, 0.6) is 0 Å². The molecule has 0 aromatic rings. The van der Waals surface area contributed by atoms with Crippen molar-refractivity contribution in [3.63, 3.8) is 0 Å². The van der Waals surface area contributed by atoms with Crippen molar-refractivity contribution >= 4 is 17.4 Å². The molecule has 160 valence electrons. The van der Waals surface area contributed by atoms with E-state index in [1.807, 2.05) is 13.8 Å². The highest BCUT2D eigenvalue weighted by Crippen LogP contribution is 2.54. The number of carbonyl (C=O) groups is 1. The van der Waals surface area contributed by atoms with Gasteiger partial charge in [0.1, 0.15) is 0 Å². The first kappa shape index (κ1) is 21.0. The van der Waals surface area contributed by atoms with E-state index in [0.717, 1.165) is 5.06 Å². The van der Waals surface area contributed by atoms with Gasteiger partial charge in [-0.05, 0) is 31.2 Å². The maximum Gasteiger partial charge on any atom is 0.175 e. The van der Waals surface area contributed by atoms with Crippen LogP contribution < -0.4 is 0 Å². The molecule has 0 amide bonds. The summed E-state index contributed by atoms with van der Waals surface area (Å²) in [6, 6.07) is -0.347. The van der Waals surface area contributed by atoms with Crippen LogP contribution in [-0.4, -0.2) is 77.7 Å². The first-order valence-electron chi connectivity index (χ1n) is 10.3. The van der Waals surface area contributed by atoms with Crippen molar-refractivity contribution in [2.75, 3.05) is 14.2 Å². The number of ketones is 1. The molecule has 0 aromatic heterocycles. The average molecular weight is 417 g/mol. The van der Waals surface area contributed by atoms with E-state index in [-0.39, 0.29) is 41.9 Å². The minimum absolute atomic E-state index is 0.0648. The van der Waals surface area contributed by atoms with E-state index in [2.05, 4.69) is 0 Å². The van der Waals surface area contributed by atoms with Crippen LogP contribution in [0.4, 0.5) is 0 Å². The molecule has 2 aliphatic carbocycles. The zero-order valence-corrected chi connectivity index (χ0v) is 17.7. The third-order valence-electron chi connectivity index (χ3n) is 7.86. The van der Waals surface area contributed by atoms with Crippen molar-refractivity contribution < 1.29 is 24.1 Å². The Kier molecular flexibility index (Phi) is 5.58. The number of hydrogen-bond acceptors (Lipinski definition) is 7. The molecule has 8 heteroatoms. The van der Waals surface area contributed by atoms with Gasteiger partial charge in [-0.3, -0.25) is 4.79 Å². The molecule has 4 rings (SSSR count). The van der Waals surface area contributed by atoms with Gasteiger partial charge in [0.15, 0.2) is 11.4 Å². The first-order valence-corrected chi connectivity index (χ1v) is 10.8. The van der Waals surface area contributed by atoms with Gasteiger partial charge in [-0.25, -0.2) is 0 Å². The number of ether oxygens (including phenoxy) is 3. The van der Waals surface area contributed by atoms with E-state index < -0.39 is 29.1 Å². The molecule has 4 fully saturated rings. The molecule has 2 aliphatic heterocycles. The van der Waals surface area contributed by atoms with Gasteiger partial charge in [-0.15, -0.1) is 11.6 Å². The lowest BCUT2D eigenvalue weighted by atomic mass is 9.61. The number of Topliss-reactive ketones (excluding diaryl/α,β-unsaturated/α-hetero) is 1. The summed E-state index contributed by atoms with van der Waals surface area (Å²) in [5.41, 5.74) is -1.33. The number of halogens is 1. The second-order valence-corrected chi connectivity index (χ2v) is 9.60. The Balaban J connectivity index is 1.69. The third kappa shape index (κ3) is 2.74. The number of hydroxylamine groups is 2. The Bertz CT molecular complexity index is 622. The molecule has 0 aromatic carbocycles. The lowest BCUT2D eigenvalue weighted by molar-refractivity contribution is -0.207. The van der Waals surface area contributed by atoms with Crippen LogP contribution >= 0.6 is 11.6 Å². The van der Waals surface area contributed by atoms with Gasteiger partial charge in [0, 0.05) is 32.6 Å². The number of alkyl halides is 1. The average Bonchev–Trinajstić information content (AvgIpc) is 2.99. The third-order valence-corrected chi connectivity index (χ3v) is 8.39. The number of hydrogen-bond donors (Lipinski definition) is 1. The summed E-state index contributed by atoms with van der Waals surface area (Å²) >= 11 is 6.65. The fourth-order valence-corrected chi connectivity index (χ4v) is 6.65. The number of piperidine rings is 1. The minimum Gasteiger partial charge on any atom is -0.785 e. The molecule has 11 atom stereocenters. The lowest BCUT2D eigenvalue weighted by Crippen LogP contribution is -2.66. The van der Waals surface area contributed by atoms with Crippen LogP contribution in [0, 0.1) is 23.0 Å². The molecule has 4 aliphatic rings. The lowest BCUT2D eigenvalue weighted by Gasteiger charge is -2.58. The molecule has 2 saturated carbocycles. The van der Waals surface area contributed by atoms with Crippen LogP contribution in [0.2, 0.25) is 0 Å². The zero-order valence-electron chi connectivity index (χ0n) is 16.9. The Morgan fingerprint density at radius 2 is 1.89 bits per heavy atom. The standard InChI is InChI=1S/C20H31ClNO6/c1-9-7-12-11(6-5-10(2)22(12)25)18(23)20(9)19(24)15-13(26-3)8-14(27-4)16(21)17(15)28-20/h9-18,23H,5-8H2,1-4H3/q-1/t9-,10?,11?,12?,13?,14?,15?,16?,17?,18?,20+/m1/s1. The number of aliphatic hydroxyl groups excluding tert-OH is 1. The van der Waals surface area contributed by atoms with Crippen molar-refractivity contribution in [1.82, 2.24) is 5.06 Å². The summed E-state index contributed by atoms with van der Waals surface area (Å²) in [7, 11) is 3.17. The van der Waals surface area contributed by atoms with Crippen molar-refractivity contribution in [3.05, 3.63) is 5.21 Å². The monoisotopic (exact) mass is 416 g/mol. The maximum atomic E-state index is 13.7. The van der Waals surface area contributed by atoms with E-state index in [0.29, 0.717) is 25.7 Å². The van der Waals surface area contributed by atoms with E-state index >= 15 is 0 Å². The molecule has 28 heavy (non-hydrogen) atoms. The topological polar surface area (TPSA) is 91.3 Å². The summed E-state index contributed by atoms with van der Waals surface area (Å²) < 4.78 is 17.5. The molecule has 1 spiro atoms. The van der Waals surface area contributed by atoms with E-state index in [1.54, 1.807) is 14.2 Å². The molecule has 0 bridgehead atoms. The number of methoxy groups -OCH3 is 2. The van der Waals surface area contributed by atoms with Gasteiger partial charge in [0.25, 0.3) is 0 Å². The summed E-state index contributed by atoms with van der Waals surface area (Å²) in [5, 5.41) is 24.7. The molecule has 0 radical (unpaired) electrons. The van der Waals surface area contributed by atoms with Gasteiger partial charge >= 0.3 is 0 Å². The van der Waals surface area contributed by atoms with Crippen LogP contribution in [0.15, 0.2) is 0 Å². The first-order chi connectivity index (χ1) is 13.3. The Labute approximate surface area is 171 Å². The van der Waals surface area contributed by atoms with Crippen LogP contribution in [0.25, 0.3) is 0 Å². The predicted molar refractivity (Wildman–Crippen MR) is 103 cm³/mol. The van der Waals surface area contributed by atoms with Crippen molar-refractivity contribution in [1.29, 1.82) is 0 Å². The van der Waals surface area contributed by atoms with Crippen molar-refractivity contribution in [2.24, 2.45) is 17.8 Å². The molecular weight excluding hydrogens is 386 g/mol. The molecule has 9 unspecified atom stereocenters. The largest absolute Gasteiger partial charge is 0.785 e. The molecule has 7 nitrogen and oxygen atoms in total. The van der Waals surface area contributed by atoms with Gasteiger partial charge in [-0.2, -0.15) is 0 Å². The predicted octanol–water partition coefficient (Wildman–Crippen LogP) is 1.72. The van der Waals surface area contributed by atoms with Gasteiger partial charge in [-0.1, -0.05) is 13.8 Å². The zero-order chi connectivity index (χ0) is 20.4. The normalized spacial score (nSPS) is 54.6. The second kappa shape index (κ2) is 7.45. The highest BCUT2D eigenvalue weighted by molar-refractivity contribution is 6.22. The van der Waals surface area contributed by atoms with Gasteiger partial charge < -0.3 is 29.6 Å². The van der Waals surface area contributed by atoms with Gasteiger partial charge in [0.05, 0.1) is 35.7 Å². The number of rotatable bonds is 2. The SMILES string of the molecule is COC1CC(OC)C2C(=O)[C@@]3(OC2C1Cl)C(O)C1CCC(C)N([O-])C1C[C@H]3C. The van der Waals surface area contributed by atoms with Crippen molar-refractivity contribution in [3.8, 4) is 0 Å². The Morgan fingerprint density at radius 1 is 1.21 bits per heavy atom. The van der Waals surface area contributed by atoms with E-state index in [1.165, 1.54) is 0 Å². The number of nitrogens with zero attached hydrogens (tertiary/aromatic N) is 1. The van der Waals surface area contributed by atoms with Crippen LogP contribution in [0.3, 0.4) is 0 Å². The maximum absolute atomic E-state index is 13.7. The molecular formula is C20H31ClNO6-. The summed E-state index contributed by atoms with van der Waals surface area (Å²) in [6.45, 7) is 3.82. The fraction of sp³-hybridized carbons (Fsp3) is 0.950. The number of fused-ring (bicyclic) bond motifs is 2. The Morgan fingerprint density at radius 3 is 2.54 bits per heavy atom. The summed E-state index contributed by atoms with van der Waals surface area (Å²) in [5.74, 6) is -1.22. The van der Waals surface area contributed by atoms with Crippen LogP contribution in [0.1, 0.15) is 39.5 Å². The van der Waals surface area contributed by atoms with Gasteiger partial charge in [0.2, 0.25) is 0 Å². The van der Waals surface area contributed by atoms with Crippen molar-refractivity contribution in [2.45, 2.75) is 87.0 Å². The summed E-state index contributed by atoms with van der Waals surface area (Å²) in [6.07, 6.45) is 0.212. The van der Waals surface area contributed by atoms with E-state index in [9.17, 15) is 15.1 Å². The fourth-order valence-electron chi connectivity index (χ4n) is 6.23. The molecule has 1 N–H and O–H groups in total. The molecule has 2 saturated heterocycles. The Hall–Kier alpha value is -0.280. The number of carbonyl (C=O) groups excluding carboxylic acids is 1. The van der Waals surface area contributed by atoms with E-state index in [4.69, 9.17) is 25.8 Å². The smallest absolute Gasteiger partial charge is 0.175 e.